The quantitative estimate of drug-likeness (QED) is 0.403. The molecule has 0 heterocycles. The van der Waals surface area contributed by atoms with Crippen molar-refractivity contribution in [3.63, 3.8) is 0 Å². The van der Waals surface area contributed by atoms with E-state index in [1.807, 2.05) is 0 Å². The molecule has 0 saturated carbocycles. The number of carboxylic acids is 1. The molecule has 28 heavy (non-hydrogen) atoms. The molecule has 7 heteroatoms. The van der Waals surface area contributed by atoms with Crippen LogP contribution in [0.15, 0.2) is 77.9 Å². The SMILES string of the molecule is O=C(O)c1ccccc1C(=O)NN=C(c1ccccc1O)c1ccccc1O. The number of aromatic carboxylic acids is 1. The molecule has 0 aromatic heterocycles. The van der Waals surface area contributed by atoms with Gasteiger partial charge in [-0.15, -0.1) is 0 Å². The molecule has 3 aromatic rings. The number of para-hydroxylation sites is 2. The van der Waals surface area contributed by atoms with Crippen molar-refractivity contribution in [1.82, 2.24) is 5.43 Å². The highest BCUT2D eigenvalue weighted by Gasteiger charge is 2.18. The van der Waals surface area contributed by atoms with Crippen LogP contribution in [0.5, 0.6) is 11.5 Å². The Bertz CT molecular complexity index is 1030. The fourth-order valence-corrected chi connectivity index (χ4v) is 2.65. The van der Waals surface area contributed by atoms with Crippen LogP contribution < -0.4 is 5.43 Å². The van der Waals surface area contributed by atoms with Gasteiger partial charge in [0, 0.05) is 11.1 Å². The minimum Gasteiger partial charge on any atom is -0.507 e. The maximum Gasteiger partial charge on any atom is 0.336 e. The number of carbonyl (C=O) groups excluding carboxylic acids is 1. The van der Waals surface area contributed by atoms with Gasteiger partial charge in [-0.3, -0.25) is 4.79 Å². The van der Waals surface area contributed by atoms with Gasteiger partial charge in [-0.05, 0) is 36.4 Å². The number of carboxylic acid groups (broad SMARTS) is 1. The van der Waals surface area contributed by atoms with Gasteiger partial charge in [0.25, 0.3) is 5.91 Å². The van der Waals surface area contributed by atoms with E-state index in [1.54, 1.807) is 36.4 Å². The van der Waals surface area contributed by atoms with Gasteiger partial charge in [-0.1, -0.05) is 36.4 Å². The monoisotopic (exact) mass is 376 g/mol. The third-order valence-corrected chi connectivity index (χ3v) is 3.99. The van der Waals surface area contributed by atoms with Gasteiger partial charge >= 0.3 is 5.97 Å². The Balaban J connectivity index is 2.04. The normalized spacial score (nSPS) is 10.1. The predicted octanol–water partition coefficient (Wildman–Crippen LogP) is 2.98. The van der Waals surface area contributed by atoms with E-state index >= 15 is 0 Å². The minimum absolute atomic E-state index is 0.0623. The Kier molecular flexibility index (Phi) is 5.36. The summed E-state index contributed by atoms with van der Waals surface area (Å²) in [6, 6.07) is 18.4. The van der Waals surface area contributed by atoms with Gasteiger partial charge in [0.2, 0.25) is 0 Å². The maximum atomic E-state index is 12.5. The molecule has 0 radical (unpaired) electrons. The average Bonchev–Trinajstić information content (AvgIpc) is 2.70. The standard InChI is InChI=1S/C21H16N2O5/c24-17-11-5-3-9-15(17)19(16-10-4-6-12-18(16)25)22-23-20(26)13-7-1-2-8-14(13)21(27)28/h1-12,24-25H,(H,23,26)(H,27,28). The number of carbonyl (C=O) groups is 2. The molecule has 4 N–H and O–H groups in total. The van der Waals surface area contributed by atoms with Crippen molar-refractivity contribution in [2.45, 2.75) is 0 Å². The van der Waals surface area contributed by atoms with Gasteiger partial charge in [-0.2, -0.15) is 5.10 Å². The minimum atomic E-state index is -1.24. The molecule has 0 aliphatic heterocycles. The van der Waals surface area contributed by atoms with Gasteiger partial charge in [0.15, 0.2) is 0 Å². The van der Waals surface area contributed by atoms with Gasteiger partial charge < -0.3 is 15.3 Å². The number of hydrogen-bond acceptors (Lipinski definition) is 5. The molecule has 0 aliphatic carbocycles. The highest BCUT2D eigenvalue weighted by atomic mass is 16.4. The number of nitrogens with zero attached hydrogens (tertiary/aromatic N) is 1. The zero-order valence-corrected chi connectivity index (χ0v) is 14.5. The second-order valence-corrected chi connectivity index (χ2v) is 5.79. The Morgan fingerprint density at radius 1 is 0.679 bits per heavy atom. The second-order valence-electron chi connectivity index (χ2n) is 5.79. The van der Waals surface area contributed by atoms with Gasteiger partial charge in [0.05, 0.1) is 11.1 Å². The van der Waals surface area contributed by atoms with Crippen molar-refractivity contribution in [2.24, 2.45) is 5.10 Å². The number of hydrazone groups is 1. The van der Waals surface area contributed by atoms with Crippen LogP contribution in [0.4, 0.5) is 0 Å². The molecule has 0 unspecified atom stereocenters. The van der Waals surface area contributed by atoms with Crippen LogP contribution in [0.25, 0.3) is 0 Å². The lowest BCUT2D eigenvalue weighted by Gasteiger charge is -2.11. The number of benzene rings is 3. The van der Waals surface area contributed by atoms with Crippen LogP contribution in [0, 0.1) is 0 Å². The van der Waals surface area contributed by atoms with Crippen LogP contribution in [0.1, 0.15) is 31.8 Å². The first-order valence-electron chi connectivity index (χ1n) is 8.26. The van der Waals surface area contributed by atoms with Crippen LogP contribution in [0.3, 0.4) is 0 Å². The first-order valence-corrected chi connectivity index (χ1v) is 8.26. The summed E-state index contributed by atoms with van der Waals surface area (Å²) in [5.41, 5.74) is 2.78. The summed E-state index contributed by atoms with van der Waals surface area (Å²) < 4.78 is 0. The number of aromatic hydroxyl groups is 2. The van der Waals surface area contributed by atoms with E-state index in [0.29, 0.717) is 0 Å². The molecule has 0 aliphatic rings. The number of amides is 1. The molecular weight excluding hydrogens is 360 g/mol. The van der Waals surface area contributed by atoms with Crippen molar-refractivity contribution < 1.29 is 24.9 Å². The lowest BCUT2D eigenvalue weighted by atomic mass is 10.0. The highest BCUT2D eigenvalue weighted by molar-refractivity contribution is 6.16. The van der Waals surface area contributed by atoms with E-state index in [-0.39, 0.29) is 39.5 Å². The largest absolute Gasteiger partial charge is 0.507 e. The average molecular weight is 376 g/mol. The molecule has 0 bridgehead atoms. The molecule has 3 aromatic carbocycles. The summed E-state index contributed by atoms with van der Waals surface area (Å²) in [5.74, 6) is -2.16. The predicted molar refractivity (Wildman–Crippen MR) is 103 cm³/mol. The van der Waals surface area contributed by atoms with Crippen LogP contribution in [-0.2, 0) is 0 Å². The van der Waals surface area contributed by atoms with E-state index in [2.05, 4.69) is 10.5 Å². The lowest BCUT2D eigenvalue weighted by molar-refractivity contribution is 0.0691. The molecular formula is C21H16N2O5. The smallest absolute Gasteiger partial charge is 0.336 e. The molecule has 140 valence electrons. The number of nitrogens with one attached hydrogen (secondary N) is 1. The van der Waals surface area contributed by atoms with E-state index < -0.39 is 11.9 Å². The summed E-state index contributed by atoms with van der Waals surface area (Å²) in [5, 5.41) is 33.7. The molecule has 0 saturated heterocycles. The summed E-state index contributed by atoms with van der Waals surface area (Å²) in [4.78, 5) is 23.8. The molecule has 0 spiro atoms. The molecule has 0 fully saturated rings. The molecule has 7 nitrogen and oxygen atoms in total. The summed E-state index contributed by atoms with van der Waals surface area (Å²) >= 11 is 0. The summed E-state index contributed by atoms with van der Waals surface area (Å²) in [7, 11) is 0. The highest BCUT2D eigenvalue weighted by Crippen LogP contribution is 2.25. The topological polar surface area (TPSA) is 119 Å². The lowest BCUT2D eigenvalue weighted by Crippen LogP contribution is -2.23. The zero-order chi connectivity index (χ0) is 20.1. The summed E-state index contributed by atoms with van der Waals surface area (Å²) in [6.45, 7) is 0. The van der Waals surface area contributed by atoms with Crippen LogP contribution in [0.2, 0.25) is 0 Å². The number of phenolic OH excluding ortho intramolecular Hbond substituents is 2. The number of rotatable bonds is 5. The third kappa shape index (κ3) is 3.83. The number of phenols is 2. The Labute approximate surface area is 160 Å². The third-order valence-electron chi connectivity index (χ3n) is 3.99. The van der Waals surface area contributed by atoms with Crippen LogP contribution >= 0.6 is 0 Å². The Hall–Kier alpha value is -4.13. The van der Waals surface area contributed by atoms with E-state index in [4.69, 9.17) is 0 Å². The van der Waals surface area contributed by atoms with Crippen molar-refractivity contribution in [3.05, 3.63) is 95.1 Å². The number of hydrogen-bond donors (Lipinski definition) is 4. The van der Waals surface area contributed by atoms with Gasteiger partial charge in [-0.25, -0.2) is 10.2 Å². The first-order chi connectivity index (χ1) is 13.5. The zero-order valence-electron chi connectivity index (χ0n) is 14.5. The Morgan fingerprint density at radius 2 is 1.11 bits per heavy atom. The van der Waals surface area contributed by atoms with Crippen molar-refractivity contribution >= 4 is 17.6 Å². The van der Waals surface area contributed by atoms with Crippen LogP contribution in [-0.4, -0.2) is 32.9 Å². The van der Waals surface area contributed by atoms with Crippen molar-refractivity contribution in [3.8, 4) is 11.5 Å². The van der Waals surface area contributed by atoms with Crippen molar-refractivity contribution in [2.75, 3.05) is 0 Å². The molecule has 1 amide bonds. The Morgan fingerprint density at radius 3 is 1.57 bits per heavy atom. The van der Waals surface area contributed by atoms with Gasteiger partial charge in [0.1, 0.15) is 17.2 Å². The van der Waals surface area contributed by atoms with E-state index in [9.17, 15) is 24.9 Å². The first kappa shape index (κ1) is 18.7. The second kappa shape index (κ2) is 8.05. The fraction of sp³-hybridized carbons (Fsp3) is 0. The maximum absolute atomic E-state index is 12.5. The van der Waals surface area contributed by atoms with E-state index in [1.165, 1.54) is 36.4 Å². The van der Waals surface area contributed by atoms with Crippen molar-refractivity contribution in [1.29, 1.82) is 0 Å². The fourth-order valence-electron chi connectivity index (χ4n) is 2.65. The molecule has 3 rings (SSSR count). The molecule has 0 atom stereocenters. The van der Waals surface area contributed by atoms with E-state index in [0.717, 1.165) is 0 Å². The summed E-state index contributed by atoms with van der Waals surface area (Å²) in [6.07, 6.45) is 0.